The Labute approximate surface area is 113 Å². The summed E-state index contributed by atoms with van der Waals surface area (Å²) in [6.45, 7) is 3.37. The van der Waals surface area contributed by atoms with E-state index in [1.54, 1.807) is 25.1 Å². The molecule has 1 atom stereocenters. The summed E-state index contributed by atoms with van der Waals surface area (Å²) in [4.78, 5) is 23.1. The van der Waals surface area contributed by atoms with Crippen molar-refractivity contribution in [2.75, 3.05) is 12.3 Å². The van der Waals surface area contributed by atoms with Crippen LogP contribution in [0.1, 0.15) is 24.2 Å². The van der Waals surface area contributed by atoms with Gasteiger partial charge in [0.15, 0.2) is 6.10 Å². The number of halogens is 1. The predicted molar refractivity (Wildman–Crippen MR) is 70.1 cm³/mol. The first-order valence-corrected chi connectivity index (χ1v) is 6.18. The minimum atomic E-state index is -0.953. The second-order valence-electron chi connectivity index (χ2n) is 3.51. The summed E-state index contributed by atoms with van der Waals surface area (Å²) in [7, 11) is 0. The zero-order chi connectivity index (χ0) is 13.7. The molecule has 2 N–H and O–H groups in total. The summed E-state index contributed by atoms with van der Waals surface area (Å²) in [5.41, 5.74) is 6.34. The van der Waals surface area contributed by atoms with Gasteiger partial charge in [-0.3, -0.25) is 0 Å². The normalized spacial score (nSPS) is 11.7. The second-order valence-corrected chi connectivity index (χ2v) is 4.30. The summed E-state index contributed by atoms with van der Waals surface area (Å²) >= 11 is 3.20. The molecule has 0 aliphatic carbocycles. The first kappa shape index (κ1) is 14.5. The number of carbonyl (C=O) groups is 2. The molecule has 0 heterocycles. The molecule has 0 fully saturated rings. The highest BCUT2D eigenvalue weighted by Gasteiger charge is 2.21. The van der Waals surface area contributed by atoms with Gasteiger partial charge in [-0.15, -0.1) is 0 Å². The third-order valence-corrected chi connectivity index (χ3v) is 3.04. The maximum Gasteiger partial charge on any atom is 0.347 e. The molecule has 0 aromatic heterocycles. The highest BCUT2D eigenvalue weighted by Crippen LogP contribution is 2.24. The van der Waals surface area contributed by atoms with Crippen LogP contribution < -0.4 is 5.73 Å². The number of esters is 2. The van der Waals surface area contributed by atoms with Crippen molar-refractivity contribution < 1.29 is 19.1 Å². The Kier molecular flexibility index (Phi) is 5.15. The van der Waals surface area contributed by atoms with Crippen molar-refractivity contribution in [3.8, 4) is 0 Å². The number of nitrogens with two attached hydrogens (primary N) is 1. The van der Waals surface area contributed by atoms with Gasteiger partial charge in [-0.05, 0) is 41.9 Å². The van der Waals surface area contributed by atoms with E-state index >= 15 is 0 Å². The molecule has 98 valence electrons. The van der Waals surface area contributed by atoms with Gasteiger partial charge in [0.2, 0.25) is 0 Å². The minimum Gasteiger partial charge on any atom is -0.463 e. The highest BCUT2D eigenvalue weighted by atomic mass is 79.9. The molecule has 0 bridgehead atoms. The summed E-state index contributed by atoms with van der Waals surface area (Å²) in [5, 5.41) is 0. The first-order valence-electron chi connectivity index (χ1n) is 5.39. The molecule has 1 aromatic carbocycles. The summed E-state index contributed by atoms with van der Waals surface area (Å²) in [5.74, 6) is -1.21. The van der Waals surface area contributed by atoms with Gasteiger partial charge in [0, 0.05) is 5.69 Å². The molecule has 18 heavy (non-hydrogen) atoms. The van der Waals surface area contributed by atoms with Crippen LogP contribution in [-0.4, -0.2) is 24.6 Å². The quantitative estimate of drug-likeness (QED) is 0.680. The number of rotatable bonds is 4. The Bertz CT molecular complexity index is 461. The third-order valence-electron chi connectivity index (χ3n) is 2.15. The van der Waals surface area contributed by atoms with Crippen LogP contribution >= 0.6 is 15.9 Å². The molecule has 5 nitrogen and oxygen atoms in total. The van der Waals surface area contributed by atoms with Crippen molar-refractivity contribution in [1.29, 1.82) is 0 Å². The van der Waals surface area contributed by atoms with Crippen LogP contribution in [0.5, 0.6) is 0 Å². The lowest BCUT2D eigenvalue weighted by Crippen LogP contribution is -2.26. The van der Waals surface area contributed by atoms with E-state index in [1.165, 1.54) is 6.92 Å². The SMILES string of the molecule is CCOC(=O)C(C)OC(=O)c1cccc(N)c1Br. The number of hydrogen-bond acceptors (Lipinski definition) is 5. The Balaban J connectivity index is 2.77. The van der Waals surface area contributed by atoms with E-state index in [2.05, 4.69) is 15.9 Å². The van der Waals surface area contributed by atoms with Crippen molar-refractivity contribution in [3.05, 3.63) is 28.2 Å². The second kappa shape index (κ2) is 6.39. The van der Waals surface area contributed by atoms with Crippen LogP contribution in [-0.2, 0) is 14.3 Å². The standard InChI is InChI=1S/C12H14BrNO4/c1-3-17-11(15)7(2)18-12(16)8-5-4-6-9(14)10(8)13/h4-7H,3,14H2,1-2H3. The van der Waals surface area contributed by atoms with E-state index in [1.807, 2.05) is 0 Å². The molecule has 1 rings (SSSR count). The molecule has 0 aliphatic rings. The fraction of sp³-hybridized carbons (Fsp3) is 0.333. The van der Waals surface area contributed by atoms with Crippen LogP contribution in [0, 0.1) is 0 Å². The molecule has 0 aliphatic heterocycles. The highest BCUT2D eigenvalue weighted by molar-refractivity contribution is 9.10. The summed E-state index contributed by atoms with van der Waals surface area (Å²) < 4.78 is 10.2. The number of carbonyl (C=O) groups excluding carboxylic acids is 2. The van der Waals surface area contributed by atoms with Gasteiger partial charge in [-0.1, -0.05) is 6.07 Å². The number of nitrogen functional groups attached to an aromatic ring is 1. The number of ether oxygens (including phenoxy) is 2. The van der Waals surface area contributed by atoms with E-state index in [9.17, 15) is 9.59 Å². The molecule has 6 heteroatoms. The van der Waals surface area contributed by atoms with E-state index < -0.39 is 18.0 Å². The number of benzene rings is 1. The average Bonchev–Trinajstić information content (AvgIpc) is 2.32. The number of anilines is 1. The van der Waals surface area contributed by atoms with E-state index in [-0.39, 0.29) is 12.2 Å². The lowest BCUT2D eigenvalue weighted by Gasteiger charge is -2.13. The van der Waals surface area contributed by atoms with Gasteiger partial charge in [0.1, 0.15) is 0 Å². The fourth-order valence-corrected chi connectivity index (χ4v) is 1.67. The Morgan fingerprint density at radius 1 is 1.44 bits per heavy atom. The van der Waals surface area contributed by atoms with Crippen LogP contribution in [0.15, 0.2) is 22.7 Å². The molecular weight excluding hydrogens is 302 g/mol. The van der Waals surface area contributed by atoms with E-state index in [0.717, 1.165) is 0 Å². The van der Waals surface area contributed by atoms with Crippen molar-refractivity contribution in [2.24, 2.45) is 0 Å². The molecule has 0 spiro atoms. The lowest BCUT2D eigenvalue weighted by atomic mass is 10.2. The Morgan fingerprint density at radius 2 is 2.11 bits per heavy atom. The maximum atomic E-state index is 11.8. The van der Waals surface area contributed by atoms with E-state index in [0.29, 0.717) is 10.2 Å². The predicted octanol–water partition coefficient (Wildman–Crippen LogP) is 2.14. The van der Waals surface area contributed by atoms with Gasteiger partial charge in [0.25, 0.3) is 0 Å². The van der Waals surface area contributed by atoms with Crippen LogP contribution in [0.3, 0.4) is 0 Å². The van der Waals surface area contributed by atoms with Gasteiger partial charge in [0.05, 0.1) is 16.6 Å². The van der Waals surface area contributed by atoms with Crippen molar-refractivity contribution in [3.63, 3.8) is 0 Å². The van der Waals surface area contributed by atoms with Crippen LogP contribution in [0.4, 0.5) is 5.69 Å². The van der Waals surface area contributed by atoms with Crippen molar-refractivity contribution in [2.45, 2.75) is 20.0 Å². The van der Waals surface area contributed by atoms with Gasteiger partial charge in [-0.25, -0.2) is 9.59 Å². The monoisotopic (exact) mass is 315 g/mol. The topological polar surface area (TPSA) is 78.6 Å². The summed E-state index contributed by atoms with van der Waals surface area (Å²) in [6, 6.07) is 4.84. The zero-order valence-electron chi connectivity index (χ0n) is 10.1. The molecular formula is C12H14BrNO4. The van der Waals surface area contributed by atoms with Gasteiger partial charge < -0.3 is 15.2 Å². The molecule has 1 aromatic rings. The van der Waals surface area contributed by atoms with Crippen LogP contribution in [0.2, 0.25) is 0 Å². The minimum absolute atomic E-state index is 0.239. The maximum absolute atomic E-state index is 11.8. The zero-order valence-corrected chi connectivity index (χ0v) is 11.7. The molecule has 1 unspecified atom stereocenters. The first-order chi connectivity index (χ1) is 8.47. The Hall–Kier alpha value is -1.56. The molecule has 0 saturated carbocycles. The van der Waals surface area contributed by atoms with Gasteiger partial charge >= 0.3 is 11.9 Å². The Morgan fingerprint density at radius 3 is 2.72 bits per heavy atom. The summed E-state index contributed by atoms with van der Waals surface area (Å²) in [6.07, 6.45) is -0.953. The lowest BCUT2D eigenvalue weighted by molar-refractivity contribution is -0.152. The average molecular weight is 316 g/mol. The van der Waals surface area contributed by atoms with Crippen molar-refractivity contribution in [1.82, 2.24) is 0 Å². The van der Waals surface area contributed by atoms with Crippen molar-refractivity contribution >= 4 is 33.6 Å². The third kappa shape index (κ3) is 3.46. The van der Waals surface area contributed by atoms with Gasteiger partial charge in [-0.2, -0.15) is 0 Å². The van der Waals surface area contributed by atoms with E-state index in [4.69, 9.17) is 15.2 Å². The molecule has 0 radical (unpaired) electrons. The smallest absolute Gasteiger partial charge is 0.347 e. The fourth-order valence-electron chi connectivity index (χ4n) is 1.24. The number of hydrogen-bond donors (Lipinski definition) is 1. The molecule has 0 saturated heterocycles. The van der Waals surface area contributed by atoms with Crippen LogP contribution in [0.25, 0.3) is 0 Å². The molecule has 0 amide bonds. The largest absolute Gasteiger partial charge is 0.463 e.